The molecule has 2 rings (SSSR count). The van der Waals surface area contributed by atoms with Crippen LogP contribution in [0.4, 0.5) is 5.69 Å². The molecular formula is C25H41NO. The molecule has 1 aromatic rings. The maximum atomic E-state index is 12.2. The van der Waals surface area contributed by atoms with Crippen molar-refractivity contribution in [3.8, 4) is 0 Å². The summed E-state index contributed by atoms with van der Waals surface area (Å²) in [6, 6.07) is 6.33. The molecule has 0 spiro atoms. The molecule has 0 saturated heterocycles. The Kier molecular flexibility index (Phi) is 11.2. The molecule has 27 heavy (non-hydrogen) atoms. The van der Waals surface area contributed by atoms with Crippen molar-refractivity contribution in [2.45, 2.75) is 116 Å². The Balaban J connectivity index is 1.41. The first-order chi connectivity index (χ1) is 13.3. The number of hydrogen-bond acceptors (Lipinski definition) is 1. The zero-order valence-electron chi connectivity index (χ0n) is 17.7. The van der Waals surface area contributed by atoms with Gasteiger partial charge in [-0.25, -0.2) is 0 Å². The Hall–Kier alpha value is -1.31. The summed E-state index contributed by atoms with van der Waals surface area (Å²) in [5.41, 5.74) is 3.86. The molecule has 2 nitrogen and oxygen atoms in total. The van der Waals surface area contributed by atoms with Crippen molar-refractivity contribution in [3.05, 3.63) is 29.3 Å². The largest absolute Gasteiger partial charge is 0.326 e. The van der Waals surface area contributed by atoms with Crippen LogP contribution < -0.4 is 5.32 Å². The Morgan fingerprint density at radius 1 is 0.815 bits per heavy atom. The second-order valence-corrected chi connectivity index (χ2v) is 8.34. The summed E-state index contributed by atoms with van der Waals surface area (Å²) in [7, 11) is 0. The number of nitrogens with one attached hydrogen (secondary N) is 1. The van der Waals surface area contributed by atoms with Crippen LogP contribution in [0.15, 0.2) is 18.2 Å². The summed E-state index contributed by atoms with van der Waals surface area (Å²) in [5.74, 6) is 0.193. The lowest BCUT2D eigenvalue weighted by Gasteiger charge is -2.10. The van der Waals surface area contributed by atoms with Crippen LogP contribution >= 0.6 is 0 Å². The zero-order chi connectivity index (χ0) is 19.2. The highest BCUT2D eigenvalue weighted by Gasteiger charge is 2.15. The predicted octanol–water partition coefficient (Wildman–Crippen LogP) is 7.60. The molecule has 0 atom stereocenters. The van der Waals surface area contributed by atoms with E-state index in [0.717, 1.165) is 24.9 Å². The first-order valence-corrected chi connectivity index (χ1v) is 11.7. The smallest absolute Gasteiger partial charge is 0.224 e. The zero-order valence-corrected chi connectivity index (χ0v) is 17.7. The number of rotatable bonds is 15. The Morgan fingerprint density at radius 3 is 2.04 bits per heavy atom. The minimum absolute atomic E-state index is 0.193. The second-order valence-electron chi connectivity index (χ2n) is 8.34. The van der Waals surface area contributed by atoms with Gasteiger partial charge in [0.25, 0.3) is 0 Å². The fraction of sp³-hybridized carbons (Fsp3) is 0.720. The maximum Gasteiger partial charge on any atom is 0.224 e. The summed E-state index contributed by atoms with van der Waals surface area (Å²) >= 11 is 0. The van der Waals surface area contributed by atoms with Gasteiger partial charge >= 0.3 is 0 Å². The highest BCUT2D eigenvalue weighted by atomic mass is 16.1. The van der Waals surface area contributed by atoms with Gasteiger partial charge in [-0.2, -0.15) is 0 Å². The van der Waals surface area contributed by atoms with Gasteiger partial charge in [-0.1, -0.05) is 96.1 Å². The summed E-state index contributed by atoms with van der Waals surface area (Å²) in [6.07, 6.45) is 21.7. The van der Waals surface area contributed by atoms with Gasteiger partial charge in [0.1, 0.15) is 0 Å². The summed E-state index contributed by atoms with van der Waals surface area (Å²) in [6.45, 7) is 2.28. The highest BCUT2D eigenvalue weighted by Crippen LogP contribution is 2.28. The third kappa shape index (κ3) is 8.95. The summed E-state index contributed by atoms with van der Waals surface area (Å²) < 4.78 is 0. The van der Waals surface area contributed by atoms with Crippen molar-refractivity contribution in [2.75, 3.05) is 5.32 Å². The van der Waals surface area contributed by atoms with E-state index in [2.05, 4.69) is 30.4 Å². The van der Waals surface area contributed by atoms with Gasteiger partial charge in [0.15, 0.2) is 0 Å². The maximum absolute atomic E-state index is 12.2. The molecule has 0 aliphatic heterocycles. The fourth-order valence-corrected chi connectivity index (χ4v) is 4.25. The van der Waals surface area contributed by atoms with Crippen molar-refractivity contribution < 1.29 is 4.79 Å². The Morgan fingerprint density at radius 2 is 1.41 bits per heavy atom. The van der Waals surface area contributed by atoms with E-state index in [-0.39, 0.29) is 5.91 Å². The molecule has 0 bridgehead atoms. The highest BCUT2D eigenvalue weighted by molar-refractivity contribution is 5.91. The normalized spacial score (nSPS) is 12.9. The van der Waals surface area contributed by atoms with Crippen molar-refractivity contribution in [1.29, 1.82) is 0 Å². The lowest BCUT2D eigenvalue weighted by molar-refractivity contribution is -0.116. The summed E-state index contributed by atoms with van der Waals surface area (Å²) in [4.78, 5) is 12.2. The van der Waals surface area contributed by atoms with Crippen LogP contribution in [0.3, 0.4) is 0 Å². The van der Waals surface area contributed by atoms with Crippen molar-refractivity contribution in [2.24, 2.45) is 0 Å². The van der Waals surface area contributed by atoms with E-state index in [1.807, 2.05) is 0 Å². The molecule has 1 aromatic carbocycles. The van der Waals surface area contributed by atoms with Crippen LogP contribution in [-0.4, -0.2) is 5.91 Å². The number of amides is 1. The third-order valence-electron chi connectivity index (χ3n) is 5.93. The molecule has 0 unspecified atom stereocenters. The van der Waals surface area contributed by atoms with Gasteiger partial charge in [-0.05, 0) is 42.9 Å². The molecule has 1 amide bonds. The van der Waals surface area contributed by atoms with Gasteiger partial charge < -0.3 is 5.32 Å². The van der Waals surface area contributed by atoms with E-state index >= 15 is 0 Å². The first kappa shape index (κ1) is 22.0. The fourth-order valence-electron chi connectivity index (χ4n) is 4.25. The monoisotopic (exact) mass is 371 g/mol. The molecule has 1 N–H and O–H groups in total. The van der Waals surface area contributed by atoms with Gasteiger partial charge in [0.2, 0.25) is 5.91 Å². The molecule has 0 fully saturated rings. The number of carbonyl (C=O) groups is 1. The van der Waals surface area contributed by atoms with Gasteiger partial charge in [-0.3, -0.25) is 4.79 Å². The lowest BCUT2D eigenvalue weighted by atomic mass is 10.0. The molecule has 0 heterocycles. The van der Waals surface area contributed by atoms with E-state index in [9.17, 15) is 4.79 Å². The minimum atomic E-state index is 0.193. The SMILES string of the molecule is CCCCCCCCCCCCCCCC(=O)Nc1cccc2c1CCC2. The van der Waals surface area contributed by atoms with Crippen LogP contribution in [0.5, 0.6) is 0 Å². The number of unbranched alkanes of at least 4 members (excludes halogenated alkanes) is 12. The third-order valence-corrected chi connectivity index (χ3v) is 5.93. The topological polar surface area (TPSA) is 29.1 Å². The Labute approximate surface area is 167 Å². The van der Waals surface area contributed by atoms with Crippen LogP contribution in [0, 0.1) is 0 Å². The quantitative estimate of drug-likeness (QED) is 0.316. The number of benzene rings is 1. The number of hydrogen-bond donors (Lipinski definition) is 1. The number of fused-ring (bicyclic) bond motifs is 1. The second kappa shape index (κ2) is 13.8. The van der Waals surface area contributed by atoms with E-state index in [1.165, 1.54) is 94.6 Å². The number of anilines is 1. The van der Waals surface area contributed by atoms with E-state index in [1.54, 1.807) is 0 Å². The molecule has 2 heteroatoms. The standard InChI is InChI=1S/C25H41NO/c1-2-3-4-5-6-7-8-9-10-11-12-13-14-21-25(27)26-24-20-16-18-22-17-15-19-23(22)24/h16,18,20H,2-15,17,19,21H2,1H3,(H,26,27). The van der Waals surface area contributed by atoms with Gasteiger partial charge in [0.05, 0.1) is 0 Å². The van der Waals surface area contributed by atoms with Crippen molar-refractivity contribution in [3.63, 3.8) is 0 Å². The molecule has 1 aliphatic carbocycles. The number of aryl methyl sites for hydroxylation is 1. The van der Waals surface area contributed by atoms with E-state index in [4.69, 9.17) is 0 Å². The average Bonchev–Trinajstić information content (AvgIpc) is 3.15. The molecule has 1 aliphatic rings. The molecular weight excluding hydrogens is 330 g/mol. The minimum Gasteiger partial charge on any atom is -0.326 e. The molecule has 152 valence electrons. The molecule has 0 radical (unpaired) electrons. The van der Waals surface area contributed by atoms with Gasteiger partial charge in [-0.15, -0.1) is 0 Å². The van der Waals surface area contributed by atoms with Crippen LogP contribution in [0.2, 0.25) is 0 Å². The molecule has 0 aromatic heterocycles. The Bertz CT molecular complexity index is 537. The molecule has 0 saturated carbocycles. The van der Waals surface area contributed by atoms with Crippen LogP contribution in [0.25, 0.3) is 0 Å². The van der Waals surface area contributed by atoms with E-state index in [0.29, 0.717) is 6.42 Å². The van der Waals surface area contributed by atoms with Gasteiger partial charge in [0, 0.05) is 12.1 Å². The average molecular weight is 372 g/mol. The van der Waals surface area contributed by atoms with Crippen molar-refractivity contribution in [1.82, 2.24) is 0 Å². The predicted molar refractivity (Wildman–Crippen MR) is 117 cm³/mol. The van der Waals surface area contributed by atoms with E-state index < -0.39 is 0 Å². The summed E-state index contributed by atoms with van der Waals surface area (Å²) in [5, 5.41) is 3.15. The van der Waals surface area contributed by atoms with Crippen molar-refractivity contribution >= 4 is 11.6 Å². The first-order valence-electron chi connectivity index (χ1n) is 11.7. The van der Waals surface area contributed by atoms with Crippen LogP contribution in [0.1, 0.15) is 114 Å². The lowest BCUT2D eigenvalue weighted by Crippen LogP contribution is -2.12. The van der Waals surface area contributed by atoms with Crippen LogP contribution in [-0.2, 0) is 17.6 Å². The number of carbonyl (C=O) groups excluding carboxylic acids is 1.